The lowest BCUT2D eigenvalue weighted by atomic mass is 9.97. The summed E-state index contributed by atoms with van der Waals surface area (Å²) >= 11 is 0. The van der Waals surface area contributed by atoms with Crippen molar-refractivity contribution in [1.29, 1.82) is 0 Å². The first-order chi connectivity index (χ1) is 5.55. The molecule has 2 N–H and O–H groups in total. The Kier molecular flexibility index (Phi) is 2.33. The molecule has 3 nitrogen and oxygen atoms in total. The number of rotatable bonds is 2. The zero-order valence-corrected chi connectivity index (χ0v) is 7.66. The lowest BCUT2D eigenvalue weighted by Gasteiger charge is -2.20. The van der Waals surface area contributed by atoms with Crippen molar-refractivity contribution in [2.24, 2.45) is 5.73 Å². The van der Waals surface area contributed by atoms with Gasteiger partial charge in [0, 0.05) is 23.5 Å². The quantitative estimate of drug-likeness (QED) is 0.720. The molecule has 0 unspecified atom stereocenters. The van der Waals surface area contributed by atoms with Crippen LogP contribution in [0.4, 0.5) is 0 Å². The molecule has 0 atom stereocenters. The minimum absolute atomic E-state index is 0.403. The standard InChI is InChI=1S/C9H14N2O/c1-9(2,10)7-6-11-5-4-8(7)12-3/h4-6H,10H2,1-3H3. The van der Waals surface area contributed by atoms with Gasteiger partial charge >= 0.3 is 0 Å². The average molecular weight is 166 g/mol. The van der Waals surface area contributed by atoms with Crippen molar-refractivity contribution >= 4 is 0 Å². The summed E-state index contributed by atoms with van der Waals surface area (Å²) in [4.78, 5) is 4.00. The number of nitrogens with zero attached hydrogens (tertiary/aromatic N) is 1. The number of hydrogen-bond acceptors (Lipinski definition) is 3. The van der Waals surface area contributed by atoms with E-state index in [4.69, 9.17) is 10.5 Å². The molecule has 0 radical (unpaired) electrons. The van der Waals surface area contributed by atoms with Crippen LogP contribution >= 0.6 is 0 Å². The highest BCUT2D eigenvalue weighted by atomic mass is 16.5. The molecular weight excluding hydrogens is 152 g/mol. The monoisotopic (exact) mass is 166 g/mol. The van der Waals surface area contributed by atoms with Crippen molar-refractivity contribution in [3.8, 4) is 5.75 Å². The van der Waals surface area contributed by atoms with Crippen molar-refractivity contribution < 1.29 is 4.74 Å². The summed E-state index contributed by atoms with van der Waals surface area (Å²) in [6, 6.07) is 1.81. The smallest absolute Gasteiger partial charge is 0.126 e. The van der Waals surface area contributed by atoms with Crippen molar-refractivity contribution in [2.45, 2.75) is 19.4 Å². The van der Waals surface area contributed by atoms with Crippen molar-refractivity contribution in [3.63, 3.8) is 0 Å². The molecule has 66 valence electrons. The van der Waals surface area contributed by atoms with Crippen LogP contribution in [0.2, 0.25) is 0 Å². The lowest BCUT2D eigenvalue weighted by Crippen LogP contribution is -2.29. The molecule has 0 amide bonds. The summed E-state index contributed by atoms with van der Waals surface area (Å²) in [5.41, 5.74) is 6.43. The Morgan fingerprint density at radius 2 is 2.17 bits per heavy atom. The van der Waals surface area contributed by atoms with Crippen LogP contribution in [0.5, 0.6) is 5.75 Å². The zero-order valence-electron chi connectivity index (χ0n) is 7.66. The lowest BCUT2D eigenvalue weighted by molar-refractivity contribution is 0.393. The number of pyridine rings is 1. The number of nitrogens with two attached hydrogens (primary N) is 1. The molecule has 0 bridgehead atoms. The molecule has 0 spiro atoms. The van der Waals surface area contributed by atoms with Gasteiger partial charge in [-0.2, -0.15) is 0 Å². The Balaban J connectivity index is 3.14. The fraction of sp³-hybridized carbons (Fsp3) is 0.444. The molecular formula is C9H14N2O. The summed E-state index contributed by atoms with van der Waals surface area (Å²) in [5, 5.41) is 0. The van der Waals surface area contributed by atoms with Gasteiger partial charge in [0.1, 0.15) is 5.75 Å². The van der Waals surface area contributed by atoms with E-state index in [1.54, 1.807) is 19.5 Å². The van der Waals surface area contributed by atoms with Crippen LogP contribution in [0.1, 0.15) is 19.4 Å². The molecule has 3 heteroatoms. The fourth-order valence-electron chi connectivity index (χ4n) is 1.04. The molecule has 1 aromatic heterocycles. The number of ether oxygens (including phenoxy) is 1. The second-order valence-electron chi connectivity index (χ2n) is 3.30. The third-order valence-electron chi connectivity index (χ3n) is 1.70. The molecule has 1 aromatic rings. The van der Waals surface area contributed by atoms with E-state index in [2.05, 4.69) is 4.98 Å². The van der Waals surface area contributed by atoms with E-state index >= 15 is 0 Å². The maximum absolute atomic E-state index is 5.91. The molecule has 0 aliphatic carbocycles. The van der Waals surface area contributed by atoms with Crippen LogP contribution in [0.3, 0.4) is 0 Å². The maximum Gasteiger partial charge on any atom is 0.126 e. The first-order valence-corrected chi connectivity index (χ1v) is 3.83. The number of methoxy groups -OCH3 is 1. The van der Waals surface area contributed by atoms with E-state index in [1.807, 2.05) is 19.9 Å². The summed E-state index contributed by atoms with van der Waals surface area (Å²) < 4.78 is 5.15. The van der Waals surface area contributed by atoms with Crippen LogP contribution < -0.4 is 10.5 Å². The van der Waals surface area contributed by atoms with Gasteiger partial charge in [-0.3, -0.25) is 4.98 Å². The minimum Gasteiger partial charge on any atom is -0.496 e. The van der Waals surface area contributed by atoms with Crippen LogP contribution in [-0.2, 0) is 5.54 Å². The predicted molar refractivity (Wildman–Crippen MR) is 48.0 cm³/mol. The Morgan fingerprint density at radius 1 is 1.50 bits per heavy atom. The Bertz CT molecular complexity index is 265. The van der Waals surface area contributed by atoms with Crippen LogP contribution in [0.25, 0.3) is 0 Å². The largest absolute Gasteiger partial charge is 0.496 e. The first kappa shape index (κ1) is 9.00. The summed E-state index contributed by atoms with van der Waals surface area (Å²) in [6.45, 7) is 3.85. The van der Waals surface area contributed by atoms with Gasteiger partial charge in [0.2, 0.25) is 0 Å². The van der Waals surface area contributed by atoms with Gasteiger partial charge in [0.15, 0.2) is 0 Å². The van der Waals surface area contributed by atoms with E-state index in [9.17, 15) is 0 Å². The van der Waals surface area contributed by atoms with Gasteiger partial charge < -0.3 is 10.5 Å². The Hall–Kier alpha value is -1.09. The minimum atomic E-state index is -0.403. The van der Waals surface area contributed by atoms with Crippen molar-refractivity contribution in [2.75, 3.05) is 7.11 Å². The molecule has 1 rings (SSSR count). The van der Waals surface area contributed by atoms with Crippen LogP contribution in [0, 0.1) is 0 Å². The second-order valence-corrected chi connectivity index (χ2v) is 3.30. The summed E-state index contributed by atoms with van der Waals surface area (Å²) in [7, 11) is 1.63. The topological polar surface area (TPSA) is 48.1 Å². The van der Waals surface area contributed by atoms with Gasteiger partial charge in [-0.1, -0.05) is 0 Å². The molecule has 12 heavy (non-hydrogen) atoms. The SMILES string of the molecule is COc1ccncc1C(C)(C)N. The molecule has 0 saturated heterocycles. The van der Waals surface area contributed by atoms with Crippen LogP contribution in [0.15, 0.2) is 18.5 Å². The summed E-state index contributed by atoms with van der Waals surface area (Å²) in [6.07, 6.45) is 3.42. The van der Waals surface area contributed by atoms with E-state index < -0.39 is 5.54 Å². The fourth-order valence-corrected chi connectivity index (χ4v) is 1.04. The third-order valence-corrected chi connectivity index (χ3v) is 1.70. The van der Waals surface area contributed by atoms with E-state index in [0.29, 0.717) is 0 Å². The highest BCUT2D eigenvalue weighted by Crippen LogP contribution is 2.25. The highest BCUT2D eigenvalue weighted by Gasteiger charge is 2.18. The zero-order chi connectivity index (χ0) is 9.19. The van der Waals surface area contributed by atoms with Gasteiger partial charge in [-0.15, -0.1) is 0 Å². The highest BCUT2D eigenvalue weighted by molar-refractivity contribution is 5.34. The number of aromatic nitrogens is 1. The average Bonchev–Trinajstić information content (AvgIpc) is 2.03. The first-order valence-electron chi connectivity index (χ1n) is 3.83. The molecule has 0 aromatic carbocycles. The van der Waals surface area contributed by atoms with E-state index in [1.165, 1.54) is 0 Å². The number of hydrogen-bond donors (Lipinski definition) is 1. The van der Waals surface area contributed by atoms with E-state index in [0.717, 1.165) is 11.3 Å². The Labute approximate surface area is 72.6 Å². The van der Waals surface area contributed by atoms with Gasteiger partial charge in [0.25, 0.3) is 0 Å². The van der Waals surface area contributed by atoms with Crippen LogP contribution in [-0.4, -0.2) is 12.1 Å². The third kappa shape index (κ3) is 1.74. The van der Waals surface area contributed by atoms with Crippen molar-refractivity contribution in [1.82, 2.24) is 4.98 Å². The van der Waals surface area contributed by atoms with Crippen molar-refractivity contribution in [3.05, 3.63) is 24.0 Å². The van der Waals surface area contributed by atoms with Gasteiger partial charge in [0.05, 0.1) is 7.11 Å². The van der Waals surface area contributed by atoms with Gasteiger partial charge in [-0.05, 0) is 19.9 Å². The Morgan fingerprint density at radius 3 is 2.58 bits per heavy atom. The molecule has 0 aliphatic rings. The second kappa shape index (κ2) is 3.11. The molecule has 0 aliphatic heterocycles. The normalized spacial score (nSPS) is 11.3. The predicted octanol–water partition coefficient (Wildman–Crippen LogP) is 1.28. The molecule has 1 heterocycles. The maximum atomic E-state index is 5.91. The molecule has 0 saturated carbocycles. The molecule has 0 fully saturated rings. The van der Waals surface area contributed by atoms with Gasteiger partial charge in [-0.25, -0.2) is 0 Å². The summed E-state index contributed by atoms with van der Waals surface area (Å²) in [5.74, 6) is 0.789. The van der Waals surface area contributed by atoms with E-state index in [-0.39, 0.29) is 0 Å².